The van der Waals surface area contributed by atoms with Crippen LogP contribution in [0.2, 0.25) is 0 Å². The fourth-order valence-corrected chi connectivity index (χ4v) is 3.02. The Hall–Kier alpha value is -2.28. The number of benzene rings is 1. The summed E-state index contributed by atoms with van der Waals surface area (Å²) in [5.41, 5.74) is 2.85. The second kappa shape index (κ2) is 5.73. The number of carbonyl (C=O) groups excluding carboxylic acids is 1. The van der Waals surface area contributed by atoms with E-state index in [0.29, 0.717) is 23.6 Å². The van der Waals surface area contributed by atoms with Crippen LogP contribution in [-0.2, 0) is 6.54 Å². The molecule has 0 aliphatic heterocycles. The lowest BCUT2D eigenvalue weighted by Gasteiger charge is -2.09. The van der Waals surface area contributed by atoms with Gasteiger partial charge in [-0.15, -0.1) is 0 Å². The number of hydrogen-bond donors (Lipinski definition) is 0. The molecule has 2 aromatic heterocycles. The van der Waals surface area contributed by atoms with Crippen LogP contribution in [0.25, 0.3) is 0 Å². The van der Waals surface area contributed by atoms with E-state index in [0.717, 1.165) is 28.6 Å². The molecule has 1 aliphatic rings. The monoisotopic (exact) mass is 372 g/mol. The zero-order valence-corrected chi connectivity index (χ0v) is 13.7. The number of halogens is 1. The second-order valence-corrected chi connectivity index (χ2v) is 6.53. The number of ketones is 1. The zero-order valence-electron chi connectivity index (χ0n) is 12.1. The van der Waals surface area contributed by atoms with E-state index in [9.17, 15) is 4.79 Å². The largest absolute Gasteiger partial charge is 0.364 e. The number of hydrogen-bond acceptors (Lipinski definition) is 5. The van der Waals surface area contributed by atoms with Gasteiger partial charge in [-0.05, 0) is 36.6 Å². The van der Waals surface area contributed by atoms with Crippen LogP contribution in [0.1, 0.15) is 45.9 Å². The number of nitrogens with zero attached hydrogens (tertiary/aromatic N) is 4. The molecule has 4 rings (SSSR count). The molecule has 1 fully saturated rings. The molecular weight excluding hydrogens is 360 g/mol. The van der Waals surface area contributed by atoms with E-state index in [4.69, 9.17) is 4.52 Å². The van der Waals surface area contributed by atoms with Gasteiger partial charge in [-0.1, -0.05) is 21.1 Å². The first-order valence-electron chi connectivity index (χ1n) is 7.32. The Morgan fingerprint density at radius 1 is 1.35 bits per heavy atom. The standard InChI is InChI=1S/C16H13BrN4O2/c17-12-3-4-13(11(5-12)6-21-9-18-8-19-21)16(22)14-7-23-20-15(14)10-1-2-10/h3-5,7-10H,1-2,6H2. The van der Waals surface area contributed by atoms with Crippen LogP contribution >= 0.6 is 15.9 Å². The number of carbonyl (C=O) groups is 1. The van der Waals surface area contributed by atoms with Crippen molar-refractivity contribution in [1.29, 1.82) is 0 Å². The molecule has 6 nitrogen and oxygen atoms in total. The third kappa shape index (κ3) is 2.84. The van der Waals surface area contributed by atoms with Crippen LogP contribution in [0.5, 0.6) is 0 Å². The predicted octanol–water partition coefficient (Wildman–Crippen LogP) is 3.19. The van der Waals surface area contributed by atoms with Crippen molar-refractivity contribution >= 4 is 21.7 Å². The molecule has 1 saturated carbocycles. The Balaban J connectivity index is 1.72. The van der Waals surface area contributed by atoms with Crippen molar-refractivity contribution in [3.8, 4) is 0 Å². The van der Waals surface area contributed by atoms with E-state index in [1.54, 1.807) is 11.0 Å². The van der Waals surface area contributed by atoms with Gasteiger partial charge in [0.1, 0.15) is 18.9 Å². The summed E-state index contributed by atoms with van der Waals surface area (Å²) in [4.78, 5) is 16.9. The molecule has 1 aliphatic carbocycles. The molecule has 0 bridgehead atoms. The van der Waals surface area contributed by atoms with Gasteiger partial charge < -0.3 is 4.52 Å². The van der Waals surface area contributed by atoms with Crippen LogP contribution in [0.3, 0.4) is 0 Å². The van der Waals surface area contributed by atoms with Crippen LogP contribution in [-0.4, -0.2) is 25.7 Å². The minimum atomic E-state index is -0.0595. The molecule has 1 aromatic carbocycles. The van der Waals surface area contributed by atoms with Gasteiger partial charge in [-0.2, -0.15) is 5.10 Å². The van der Waals surface area contributed by atoms with Crippen molar-refractivity contribution in [3.63, 3.8) is 0 Å². The fourth-order valence-electron chi connectivity index (χ4n) is 2.62. The summed E-state index contributed by atoms with van der Waals surface area (Å²) < 4.78 is 7.65. The summed E-state index contributed by atoms with van der Waals surface area (Å²) in [7, 11) is 0. The lowest BCUT2D eigenvalue weighted by Crippen LogP contribution is -2.10. The first-order valence-corrected chi connectivity index (χ1v) is 8.11. The summed E-state index contributed by atoms with van der Waals surface area (Å²) in [6.07, 6.45) is 6.70. The van der Waals surface area contributed by atoms with Gasteiger partial charge in [0.15, 0.2) is 5.78 Å². The minimum Gasteiger partial charge on any atom is -0.364 e. The van der Waals surface area contributed by atoms with E-state index < -0.39 is 0 Å². The topological polar surface area (TPSA) is 73.8 Å². The maximum atomic E-state index is 13.0. The van der Waals surface area contributed by atoms with Gasteiger partial charge in [0, 0.05) is 16.0 Å². The molecule has 0 unspecified atom stereocenters. The van der Waals surface area contributed by atoms with Gasteiger partial charge in [0.05, 0.1) is 17.8 Å². The quantitative estimate of drug-likeness (QED) is 0.643. The van der Waals surface area contributed by atoms with Crippen LogP contribution < -0.4 is 0 Å². The molecule has 116 valence electrons. The maximum absolute atomic E-state index is 13.0. The van der Waals surface area contributed by atoms with Crippen molar-refractivity contribution in [2.75, 3.05) is 0 Å². The van der Waals surface area contributed by atoms with Crippen molar-refractivity contribution in [3.05, 3.63) is 64.0 Å². The number of aromatic nitrogens is 4. The summed E-state index contributed by atoms with van der Waals surface area (Å²) in [6.45, 7) is 0.477. The van der Waals surface area contributed by atoms with Crippen LogP contribution in [0.15, 0.2) is 46.1 Å². The highest BCUT2D eigenvalue weighted by atomic mass is 79.9. The van der Waals surface area contributed by atoms with Crippen molar-refractivity contribution in [2.45, 2.75) is 25.3 Å². The van der Waals surface area contributed by atoms with Crippen molar-refractivity contribution in [1.82, 2.24) is 19.9 Å². The summed E-state index contributed by atoms with van der Waals surface area (Å²) in [5.74, 6) is 0.303. The van der Waals surface area contributed by atoms with Gasteiger partial charge in [-0.25, -0.2) is 9.67 Å². The third-order valence-electron chi connectivity index (χ3n) is 3.92. The normalized spacial score (nSPS) is 14.1. The summed E-state index contributed by atoms with van der Waals surface area (Å²) in [6, 6.07) is 5.62. The lowest BCUT2D eigenvalue weighted by atomic mass is 9.97. The van der Waals surface area contributed by atoms with Gasteiger partial charge >= 0.3 is 0 Å². The van der Waals surface area contributed by atoms with Crippen LogP contribution in [0.4, 0.5) is 0 Å². The van der Waals surface area contributed by atoms with Gasteiger partial charge in [0.2, 0.25) is 0 Å². The molecule has 0 atom stereocenters. The van der Waals surface area contributed by atoms with E-state index in [2.05, 4.69) is 31.2 Å². The molecule has 7 heteroatoms. The maximum Gasteiger partial charge on any atom is 0.198 e. The summed E-state index contributed by atoms with van der Waals surface area (Å²) in [5, 5.41) is 8.12. The number of rotatable bonds is 5. The average molecular weight is 373 g/mol. The molecule has 0 spiro atoms. The smallest absolute Gasteiger partial charge is 0.198 e. The fraction of sp³-hybridized carbons (Fsp3) is 0.250. The van der Waals surface area contributed by atoms with E-state index in [-0.39, 0.29) is 5.78 Å². The Morgan fingerprint density at radius 2 is 2.22 bits per heavy atom. The van der Waals surface area contributed by atoms with E-state index >= 15 is 0 Å². The minimum absolute atomic E-state index is 0.0595. The highest BCUT2D eigenvalue weighted by molar-refractivity contribution is 9.10. The first kappa shape index (κ1) is 14.3. The Bertz CT molecular complexity index is 853. The lowest BCUT2D eigenvalue weighted by molar-refractivity contribution is 0.103. The van der Waals surface area contributed by atoms with Crippen molar-refractivity contribution in [2.24, 2.45) is 0 Å². The Labute approximate surface area is 140 Å². The molecule has 0 radical (unpaired) electrons. The van der Waals surface area contributed by atoms with E-state index in [1.165, 1.54) is 12.6 Å². The van der Waals surface area contributed by atoms with Gasteiger partial charge in [0.25, 0.3) is 0 Å². The molecule has 0 saturated heterocycles. The highest BCUT2D eigenvalue weighted by Gasteiger charge is 2.32. The Kier molecular flexibility index (Phi) is 3.57. The molecular formula is C16H13BrN4O2. The highest BCUT2D eigenvalue weighted by Crippen LogP contribution is 2.41. The Morgan fingerprint density at radius 3 is 2.96 bits per heavy atom. The molecule has 23 heavy (non-hydrogen) atoms. The van der Waals surface area contributed by atoms with Crippen molar-refractivity contribution < 1.29 is 9.32 Å². The summed E-state index contributed by atoms with van der Waals surface area (Å²) >= 11 is 3.46. The van der Waals surface area contributed by atoms with Crippen LogP contribution in [0, 0.1) is 0 Å². The first-order chi connectivity index (χ1) is 11.2. The predicted molar refractivity (Wildman–Crippen MR) is 85.2 cm³/mol. The molecule has 2 heterocycles. The van der Waals surface area contributed by atoms with Gasteiger partial charge in [-0.3, -0.25) is 4.79 Å². The molecule has 3 aromatic rings. The second-order valence-electron chi connectivity index (χ2n) is 5.61. The third-order valence-corrected chi connectivity index (χ3v) is 4.41. The molecule has 0 amide bonds. The van der Waals surface area contributed by atoms with E-state index in [1.807, 2.05) is 18.2 Å². The SMILES string of the molecule is O=C(c1ccc(Br)cc1Cn1cncn1)c1conc1C1CC1. The average Bonchev–Trinajstić information content (AvgIpc) is 3.05. The molecule has 0 N–H and O–H groups in total. The zero-order chi connectivity index (χ0) is 15.8.